The first-order valence-electron chi connectivity index (χ1n) is 3.99. The van der Waals surface area contributed by atoms with Crippen LogP contribution >= 0.6 is 0 Å². The third-order valence-corrected chi connectivity index (χ3v) is 3.98. The van der Waals surface area contributed by atoms with Crippen LogP contribution in [0.4, 0.5) is 5.69 Å². The van der Waals surface area contributed by atoms with E-state index >= 15 is 0 Å². The highest BCUT2D eigenvalue weighted by molar-refractivity contribution is 7.93. The topological polar surface area (TPSA) is 59.1 Å². The number of aromatic nitrogens is 1. The average Bonchev–Trinajstić information content (AvgIpc) is 2.24. The zero-order chi connectivity index (χ0) is 9.64. The van der Waals surface area contributed by atoms with Gasteiger partial charge in [-0.25, -0.2) is 8.42 Å². The summed E-state index contributed by atoms with van der Waals surface area (Å²) in [6.45, 7) is 3.49. The fraction of sp³-hybridized carbons (Fsp3) is 0.375. The number of sulfonamides is 1. The van der Waals surface area contributed by atoms with Crippen molar-refractivity contribution in [3.8, 4) is 0 Å². The molecule has 0 radical (unpaired) electrons. The quantitative estimate of drug-likeness (QED) is 0.681. The van der Waals surface area contributed by atoms with Gasteiger partial charge < -0.3 is 0 Å². The van der Waals surface area contributed by atoms with Crippen LogP contribution in [-0.2, 0) is 10.0 Å². The van der Waals surface area contributed by atoms with Gasteiger partial charge in [0.1, 0.15) is 5.25 Å². The fourth-order valence-corrected chi connectivity index (χ4v) is 2.85. The molecule has 0 bridgehead atoms. The van der Waals surface area contributed by atoms with Gasteiger partial charge in [0, 0.05) is 17.5 Å². The lowest BCUT2D eigenvalue weighted by Gasteiger charge is -2.03. The summed E-state index contributed by atoms with van der Waals surface area (Å²) >= 11 is 0. The first-order valence-corrected chi connectivity index (χ1v) is 5.54. The largest absolute Gasteiger partial charge is 0.283 e. The van der Waals surface area contributed by atoms with Crippen LogP contribution in [-0.4, -0.2) is 13.4 Å². The molecule has 70 valence electrons. The summed E-state index contributed by atoms with van der Waals surface area (Å²) in [5.74, 6) is 0. The van der Waals surface area contributed by atoms with Crippen molar-refractivity contribution in [2.75, 3.05) is 4.72 Å². The minimum Gasteiger partial charge on any atom is -0.283 e. The standard InChI is InChI=1S/C8H10N2O2S/c1-5-8-6(2)13(11,12)10-7(8)3-4-9-5/h3-4,6,10H,1-2H3/t6-/m1/s1. The number of hydrogen-bond acceptors (Lipinski definition) is 3. The Balaban J connectivity index is 2.70. The van der Waals surface area contributed by atoms with E-state index in [1.54, 1.807) is 19.2 Å². The number of nitrogens with zero attached hydrogens (tertiary/aromatic N) is 1. The van der Waals surface area contributed by atoms with Crippen molar-refractivity contribution in [3.63, 3.8) is 0 Å². The van der Waals surface area contributed by atoms with E-state index in [0.29, 0.717) is 5.69 Å². The monoisotopic (exact) mass is 198 g/mol. The molecule has 1 N–H and O–H groups in total. The molecule has 0 aromatic carbocycles. The third kappa shape index (κ3) is 1.11. The second-order valence-corrected chi connectivity index (χ2v) is 5.15. The lowest BCUT2D eigenvalue weighted by Crippen LogP contribution is -2.09. The van der Waals surface area contributed by atoms with E-state index in [0.717, 1.165) is 11.3 Å². The van der Waals surface area contributed by atoms with E-state index in [2.05, 4.69) is 9.71 Å². The second-order valence-electron chi connectivity index (χ2n) is 3.15. The normalized spacial score (nSPS) is 23.7. The van der Waals surface area contributed by atoms with E-state index in [9.17, 15) is 8.42 Å². The summed E-state index contributed by atoms with van der Waals surface area (Å²) < 4.78 is 25.4. The maximum absolute atomic E-state index is 11.4. The molecule has 0 amide bonds. The molecule has 2 rings (SSSR count). The molecule has 2 heterocycles. The fourth-order valence-electron chi connectivity index (χ4n) is 1.58. The number of pyridine rings is 1. The molecule has 0 unspecified atom stereocenters. The van der Waals surface area contributed by atoms with Gasteiger partial charge in [-0.3, -0.25) is 9.71 Å². The Morgan fingerprint density at radius 1 is 1.54 bits per heavy atom. The van der Waals surface area contributed by atoms with Gasteiger partial charge in [-0.1, -0.05) is 0 Å². The Hall–Kier alpha value is -1.10. The van der Waals surface area contributed by atoms with E-state index in [1.807, 2.05) is 6.92 Å². The molecule has 4 nitrogen and oxygen atoms in total. The number of nitrogens with one attached hydrogen (secondary N) is 1. The van der Waals surface area contributed by atoms with E-state index in [-0.39, 0.29) is 0 Å². The Morgan fingerprint density at radius 2 is 2.23 bits per heavy atom. The summed E-state index contributed by atoms with van der Waals surface area (Å²) in [7, 11) is -3.20. The minimum atomic E-state index is -3.20. The van der Waals surface area contributed by atoms with Gasteiger partial charge in [0.05, 0.1) is 5.69 Å². The SMILES string of the molecule is Cc1nccc2c1[C@@H](C)S(=O)(=O)N2. The molecular formula is C8H10N2O2S. The van der Waals surface area contributed by atoms with Gasteiger partial charge in [0.25, 0.3) is 0 Å². The van der Waals surface area contributed by atoms with Gasteiger partial charge in [-0.2, -0.15) is 0 Å². The number of hydrogen-bond donors (Lipinski definition) is 1. The molecule has 1 atom stereocenters. The Bertz CT molecular complexity index is 453. The summed E-state index contributed by atoms with van der Waals surface area (Å²) in [4.78, 5) is 4.06. The lowest BCUT2D eigenvalue weighted by molar-refractivity contribution is 0.594. The van der Waals surface area contributed by atoms with Crippen molar-refractivity contribution in [1.82, 2.24) is 4.98 Å². The molecule has 1 aliphatic rings. The molecule has 0 saturated heterocycles. The molecule has 0 fully saturated rings. The van der Waals surface area contributed by atoms with Crippen molar-refractivity contribution in [2.24, 2.45) is 0 Å². The van der Waals surface area contributed by atoms with Crippen molar-refractivity contribution >= 4 is 15.7 Å². The van der Waals surface area contributed by atoms with Gasteiger partial charge >= 0.3 is 0 Å². The van der Waals surface area contributed by atoms with Crippen LogP contribution in [0.15, 0.2) is 12.3 Å². The highest BCUT2D eigenvalue weighted by atomic mass is 32.2. The summed E-state index contributed by atoms with van der Waals surface area (Å²) in [5, 5.41) is -0.490. The number of anilines is 1. The molecule has 0 aliphatic carbocycles. The summed E-state index contributed by atoms with van der Waals surface area (Å²) in [6, 6.07) is 1.68. The van der Waals surface area contributed by atoms with Gasteiger partial charge in [0.2, 0.25) is 10.0 Å². The number of fused-ring (bicyclic) bond motifs is 1. The molecule has 5 heteroatoms. The first kappa shape index (κ1) is 8.50. The number of rotatable bonds is 0. The van der Waals surface area contributed by atoms with Gasteiger partial charge in [-0.05, 0) is 19.9 Å². The van der Waals surface area contributed by atoms with Crippen LogP contribution in [0.2, 0.25) is 0 Å². The van der Waals surface area contributed by atoms with E-state index < -0.39 is 15.3 Å². The van der Waals surface area contributed by atoms with Crippen LogP contribution in [0.25, 0.3) is 0 Å². The van der Waals surface area contributed by atoms with Crippen LogP contribution in [0.3, 0.4) is 0 Å². The predicted molar refractivity (Wildman–Crippen MR) is 49.9 cm³/mol. The highest BCUT2D eigenvalue weighted by Gasteiger charge is 2.33. The molecular weight excluding hydrogens is 188 g/mol. The molecule has 0 saturated carbocycles. The van der Waals surface area contributed by atoms with E-state index in [1.165, 1.54) is 0 Å². The van der Waals surface area contributed by atoms with Gasteiger partial charge in [0.15, 0.2) is 0 Å². The Kier molecular flexibility index (Phi) is 1.60. The van der Waals surface area contributed by atoms with Crippen molar-refractivity contribution in [2.45, 2.75) is 19.1 Å². The van der Waals surface area contributed by atoms with Crippen LogP contribution < -0.4 is 4.72 Å². The predicted octanol–water partition coefficient (Wildman–Crippen LogP) is 1.21. The summed E-state index contributed by atoms with van der Waals surface area (Å²) in [6.07, 6.45) is 1.61. The third-order valence-electron chi connectivity index (χ3n) is 2.31. The van der Waals surface area contributed by atoms with Crippen LogP contribution in [0.5, 0.6) is 0 Å². The molecule has 0 spiro atoms. The molecule has 1 aromatic rings. The maximum Gasteiger partial charge on any atom is 0.239 e. The second kappa shape index (κ2) is 2.45. The smallest absolute Gasteiger partial charge is 0.239 e. The zero-order valence-corrected chi connectivity index (χ0v) is 8.22. The first-order chi connectivity index (χ1) is 6.02. The number of aryl methyl sites for hydroxylation is 1. The van der Waals surface area contributed by atoms with Crippen LogP contribution in [0, 0.1) is 6.92 Å². The zero-order valence-electron chi connectivity index (χ0n) is 7.40. The van der Waals surface area contributed by atoms with Crippen molar-refractivity contribution in [1.29, 1.82) is 0 Å². The average molecular weight is 198 g/mol. The van der Waals surface area contributed by atoms with Crippen molar-refractivity contribution in [3.05, 3.63) is 23.5 Å². The van der Waals surface area contributed by atoms with E-state index in [4.69, 9.17) is 0 Å². The highest BCUT2D eigenvalue weighted by Crippen LogP contribution is 2.37. The Labute approximate surface area is 77.1 Å². The summed E-state index contributed by atoms with van der Waals surface area (Å²) in [5.41, 5.74) is 2.24. The molecule has 1 aliphatic heterocycles. The van der Waals surface area contributed by atoms with Crippen molar-refractivity contribution < 1.29 is 8.42 Å². The van der Waals surface area contributed by atoms with Gasteiger partial charge in [-0.15, -0.1) is 0 Å². The maximum atomic E-state index is 11.4. The Morgan fingerprint density at radius 3 is 2.85 bits per heavy atom. The molecule has 13 heavy (non-hydrogen) atoms. The van der Waals surface area contributed by atoms with Crippen LogP contribution in [0.1, 0.15) is 23.4 Å². The lowest BCUT2D eigenvalue weighted by atomic mass is 10.1. The molecule has 1 aromatic heterocycles. The minimum absolute atomic E-state index is 0.490.